The van der Waals surface area contributed by atoms with Gasteiger partial charge >= 0.3 is 0 Å². The SMILES string of the molecule is CC(C)(C)c1cc(C(O)C2CC2)cc(C(C)(C)C)c1. The molecule has 0 aliphatic heterocycles. The number of aliphatic hydroxyl groups excluding tert-OH is 1. The van der Waals surface area contributed by atoms with Crippen LogP contribution >= 0.6 is 0 Å². The number of rotatable bonds is 2. The highest BCUT2D eigenvalue weighted by Crippen LogP contribution is 2.42. The summed E-state index contributed by atoms with van der Waals surface area (Å²) < 4.78 is 0. The van der Waals surface area contributed by atoms with Crippen molar-refractivity contribution in [3.05, 3.63) is 34.9 Å². The van der Waals surface area contributed by atoms with Gasteiger partial charge in [0.05, 0.1) is 6.10 Å². The first-order valence-electron chi connectivity index (χ1n) is 7.43. The summed E-state index contributed by atoms with van der Waals surface area (Å²) in [4.78, 5) is 0. The monoisotopic (exact) mass is 260 g/mol. The second-order valence-corrected chi connectivity index (χ2v) is 8.13. The maximum atomic E-state index is 10.4. The molecule has 0 spiro atoms. The van der Waals surface area contributed by atoms with Crippen LogP contribution in [-0.4, -0.2) is 5.11 Å². The Morgan fingerprint density at radius 2 is 1.32 bits per heavy atom. The largest absolute Gasteiger partial charge is 0.388 e. The first-order chi connectivity index (χ1) is 8.59. The first kappa shape index (κ1) is 14.6. The van der Waals surface area contributed by atoms with E-state index in [1.54, 1.807) is 0 Å². The minimum absolute atomic E-state index is 0.124. The van der Waals surface area contributed by atoms with Gasteiger partial charge in [0.1, 0.15) is 0 Å². The summed E-state index contributed by atoms with van der Waals surface area (Å²) in [5.41, 5.74) is 4.02. The van der Waals surface area contributed by atoms with E-state index in [1.807, 2.05) is 0 Å². The van der Waals surface area contributed by atoms with Gasteiger partial charge in [-0.2, -0.15) is 0 Å². The number of benzene rings is 1. The lowest BCUT2D eigenvalue weighted by atomic mass is 9.79. The van der Waals surface area contributed by atoms with Gasteiger partial charge in [0.25, 0.3) is 0 Å². The third-order valence-corrected chi connectivity index (χ3v) is 4.10. The Morgan fingerprint density at radius 3 is 1.63 bits per heavy atom. The fourth-order valence-corrected chi connectivity index (χ4v) is 2.37. The van der Waals surface area contributed by atoms with Crippen LogP contribution in [0.3, 0.4) is 0 Å². The van der Waals surface area contributed by atoms with Crippen LogP contribution in [0, 0.1) is 5.92 Å². The van der Waals surface area contributed by atoms with E-state index in [2.05, 4.69) is 59.7 Å². The smallest absolute Gasteiger partial charge is 0.0818 e. The Balaban J connectivity index is 2.48. The maximum absolute atomic E-state index is 10.4. The van der Waals surface area contributed by atoms with Gasteiger partial charge in [-0.15, -0.1) is 0 Å². The van der Waals surface area contributed by atoms with Crippen molar-refractivity contribution in [2.24, 2.45) is 5.92 Å². The van der Waals surface area contributed by atoms with E-state index in [4.69, 9.17) is 0 Å². The van der Waals surface area contributed by atoms with Crippen LogP contribution in [-0.2, 0) is 10.8 Å². The van der Waals surface area contributed by atoms with Gasteiger partial charge in [0, 0.05) is 0 Å². The van der Waals surface area contributed by atoms with E-state index in [9.17, 15) is 5.11 Å². The highest BCUT2D eigenvalue weighted by molar-refractivity contribution is 5.38. The molecule has 0 bridgehead atoms. The van der Waals surface area contributed by atoms with E-state index in [0.29, 0.717) is 5.92 Å². The Bertz CT molecular complexity index is 423. The molecule has 1 nitrogen and oxygen atoms in total. The van der Waals surface area contributed by atoms with E-state index < -0.39 is 0 Å². The minimum Gasteiger partial charge on any atom is -0.388 e. The van der Waals surface area contributed by atoms with Crippen molar-refractivity contribution in [1.82, 2.24) is 0 Å². The molecule has 1 aromatic rings. The zero-order chi connectivity index (χ0) is 14.4. The molecule has 1 fully saturated rings. The summed E-state index contributed by atoms with van der Waals surface area (Å²) in [6.45, 7) is 13.4. The molecular weight excluding hydrogens is 232 g/mol. The van der Waals surface area contributed by atoms with Crippen LogP contribution in [0.15, 0.2) is 18.2 Å². The predicted molar refractivity (Wildman–Crippen MR) is 81.5 cm³/mol. The standard InChI is InChI=1S/C18H28O/c1-17(2,3)14-9-13(16(19)12-7-8-12)10-15(11-14)18(4,5)6/h9-12,16,19H,7-8H2,1-6H3. The van der Waals surface area contributed by atoms with Gasteiger partial charge in [-0.25, -0.2) is 0 Å². The molecule has 1 saturated carbocycles. The third kappa shape index (κ3) is 3.39. The summed E-state index contributed by atoms with van der Waals surface area (Å²) >= 11 is 0. The van der Waals surface area contributed by atoms with Crippen LogP contribution in [0.25, 0.3) is 0 Å². The van der Waals surface area contributed by atoms with E-state index in [-0.39, 0.29) is 16.9 Å². The molecule has 19 heavy (non-hydrogen) atoms. The molecule has 1 aliphatic rings. The zero-order valence-corrected chi connectivity index (χ0v) is 13.2. The summed E-state index contributed by atoms with van der Waals surface area (Å²) in [6, 6.07) is 6.72. The van der Waals surface area contributed by atoms with Crippen molar-refractivity contribution in [2.45, 2.75) is 71.3 Å². The lowest BCUT2D eigenvalue weighted by molar-refractivity contribution is 0.153. The zero-order valence-electron chi connectivity index (χ0n) is 13.2. The molecule has 0 saturated heterocycles. The van der Waals surface area contributed by atoms with Gasteiger partial charge in [0.15, 0.2) is 0 Å². The molecule has 1 atom stereocenters. The first-order valence-corrected chi connectivity index (χ1v) is 7.43. The molecule has 0 heterocycles. The highest BCUT2D eigenvalue weighted by Gasteiger charge is 2.32. The van der Waals surface area contributed by atoms with Crippen molar-refractivity contribution in [3.63, 3.8) is 0 Å². The topological polar surface area (TPSA) is 20.2 Å². The van der Waals surface area contributed by atoms with Gasteiger partial charge in [-0.05, 0) is 46.3 Å². The van der Waals surface area contributed by atoms with Gasteiger partial charge in [-0.3, -0.25) is 0 Å². The van der Waals surface area contributed by atoms with Crippen molar-refractivity contribution < 1.29 is 5.11 Å². The molecule has 2 rings (SSSR count). The average molecular weight is 260 g/mol. The molecule has 0 amide bonds. The number of hydrogen-bond acceptors (Lipinski definition) is 1. The molecule has 0 radical (unpaired) electrons. The van der Waals surface area contributed by atoms with Crippen molar-refractivity contribution in [1.29, 1.82) is 0 Å². The Kier molecular flexibility index (Phi) is 3.55. The van der Waals surface area contributed by atoms with Gasteiger partial charge in [0.2, 0.25) is 0 Å². The molecule has 1 N–H and O–H groups in total. The summed E-state index contributed by atoms with van der Waals surface area (Å²) in [5.74, 6) is 0.489. The summed E-state index contributed by atoms with van der Waals surface area (Å²) in [7, 11) is 0. The summed E-state index contributed by atoms with van der Waals surface area (Å²) in [5, 5.41) is 10.4. The molecule has 1 aromatic carbocycles. The quantitative estimate of drug-likeness (QED) is 0.815. The maximum Gasteiger partial charge on any atom is 0.0818 e. The Labute approximate surface area is 118 Å². The van der Waals surface area contributed by atoms with E-state index in [1.165, 1.54) is 24.0 Å². The molecule has 106 valence electrons. The fraction of sp³-hybridized carbons (Fsp3) is 0.667. The second kappa shape index (κ2) is 4.63. The van der Waals surface area contributed by atoms with E-state index in [0.717, 1.165) is 5.56 Å². The number of aliphatic hydroxyl groups is 1. The lowest BCUT2D eigenvalue weighted by Gasteiger charge is -2.27. The van der Waals surface area contributed by atoms with Crippen molar-refractivity contribution in [3.8, 4) is 0 Å². The van der Waals surface area contributed by atoms with Crippen LogP contribution in [0.2, 0.25) is 0 Å². The summed E-state index contributed by atoms with van der Waals surface area (Å²) in [6.07, 6.45) is 2.07. The van der Waals surface area contributed by atoms with E-state index >= 15 is 0 Å². The average Bonchev–Trinajstić information content (AvgIpc) is 3.09. The van der Waals surface area contributed by atoms with Crippen LogP contribution < -0.4 is 0 Å². The van der Waals surface area contributed by atoms with Crippen molar-refractivity contribution in [2.75, 3.05) is 0 Å². The minimum atomic E-state index is -0.275. The highest BCUT2D eigenvalue weighted by atomic mass is 16.3. The van der Waals surface area contributed by atoms with Crippen molar-refractivity contribution >= 4 is 0 Å². The molecular formula is C18H28O. The molecule has 0 aromatic heterocycles. The van der Waals surface area contributed by atoms with Gasteiger partial charge in [-0.1, -0.05) is 59.7 Å². The van der Waals surface area contributed by atoms with Crippen LogP contribution in [0.5, 0.6) is 0 Å². The predicted octanol–water partition coefficient (Wildman–Crippen LogP) is 4.73. The molecule has 1 unspecified atom stereocenters. The van der Waals surface area contributed by atoms with Crippen LogP contribution in [0.4, 0.5) is 0 Å². The van der Waals surface area contributed by atoms with Crippen LogP contribution in [0.1, 0.15) is 77.2 Å². The molecule has 1 heteroatoms. The normalized spacial score (nSPS) is 18.5. The lowest BCUT2D eigenvalue weighted by Crippen LogP contribution is -2.18. The Morgan fingerprint density at radius 1 is 0.895 bits per heavy atom. The number of hydrogen-bond donors (Lipinski definition) is 1. The third-order valence-electron chi connectivity index (χ3n) is 4.10. The fourth-order valence-electron chi connectivity index (χ4n) is 2.37. The van der Waals surface area contributed by atoms with Gasteiger partial charge < -0.3 is 5.11 Å². The Hall–Kier alpha value is -0.820. The second-order valence-electron chi connectivity index (χ2n) is 8.13. The molecule has 1 aliphatic carbocycles.